The number of benzene rings is 1. The van der Waals surface area contributed by atoms with Crippen LogP contribution in [-0.2, 0) is 11.2 Å². The van der Waals surface area contributed by atoms with Gasteiger partial charge in [0.15, 0.2) is 5.65 Å². The molecule has 1 aromatic carbocycles. The van der Waals surface area contributed by atoms with E-state index in [4.69, 9.17) is 11.6 Å². The average Bonchev–Trinajstić information content (AvgIpc) is 3.27. The fraction of sp³-hybridized carbons (Fsp3) is 0.350. The first-order valence-corrected chi connectivity index (χ1v) is 9.81. The van der Waals surface area contributed by atoms with Crippen LogP contribution in [0.4, 0.5) is 0 Å². The van der Waals surface area contributed by atoms with E-state index in [1.165, 1.54) is 0 Å². The molecule has 3 unspecified atom stereocenters. The van der Waals surface area contributed by atoms with Crippen molar-refractivity contribution < 1.29 is 4.79 Å². The normalized spacial score (nSPS) is 21.9. The Morgan fingerprint density at radius 1 is 1.18 bits per heavy atom. The number of carbonyl (C=O) groups excluding carboxylic acids is 1. The Balaban J connectivity index is 1.33. The number of carbonyl (C=O) groups is 1. The second-order valence-corrected chi connectivity index (χ2v) is 7.56. The summed E-state index contributed by atoms with van der Waals surface area (Å²) < 4.78 is 1.94. The first-order chi connectivity index (χ1) is 13.6. The lowest BCUT2D eigenvalue weighted by Crippen LogP contribution is -2.32. The number of hydrogen-bond donors (Lipinski definition) is 3. The van der Waals surface area contributed by atoms with Gasteiger partial charge < -0.3 is 5.32 Å². The Bertz CT molecular complexity index is 957. The molecule has 3 heterocycles. The highest BCUT2D eigenvalue weighted by atomic mass is 35.5. The molecule has 1 aliphatic rings. The molecule has 0 aliphatic carbocycles. The van der Waals surface area contributed by atoms with Crippen LogP contribution < -0.4 is 16.2 Å². The van der Waals surface area contributed by atoms with E-state index in [1.54, 1.807) is 0 Å². The summed E-state index contributed by atoms with van der Waals surface area (Å²) >= 11 is 5.99. The van der Waals surface area contributed by atoms with E-state index >= 15 is 0 Å². The molecule has 0 bridgehead atoms. The summed E-state index contributed by atoms with van der Waals surface area (Å²) in [5.41, 5.74) is 8.48. The van der Waals surface area contributed by atoms with Crippen molar-refractivity contribution in [1.82, 2.24) is 30.8 Å². The van der Waals surface area contributed by atoms with Gasteiger partial charge in [-0.05, 0) is 36.8 Å². The van der Waals surface area contributed by atoms with Crippen molar-refractivity contribution in [2.45, 2.75) is 31.8 Å². The standard InChI is InChI=1S/C20H23ClN6O/c1-13-16(20(26-23-13)14-5-7-15(21)8-6-14)12-19(28)22-10-9-18-25-24-17-4-2-3-11-27(17)18/h2-8,11,13,16,20,23,26H,9-10,12H2,1H3,(H,22,28). The summed E-state index contributed by atoms with van der Waals surface area (Å²) in [6, 6.07) is 13.8. The average molecular weight is 399 g/mol. The predicted molar refractivity (Wildman–Crippen MR) is 108 cm³/mol. The monoisotopic (exact) mass is 398 g/mol. The molecule has 3 atom stereocenters. The molecule has 4 rings (SSSR count). The summed E-state index contributed by atoms with van der Waals surface area (Å²) in [5, 5.41) is 12.1. The number of hydrazine groups is 1. The SMILES string of the molecule is CC1NNC(c2ccc(Cl)cc2)C1CC(=O)NCCc1nnc2ccccn12. The van der Waals surface area contributed by atoms with Gasteiger partial charge in [-0.3, -0.25) is 14.6 Å². The molecule has 1 saturated heterocycles. The molecule has 0 spiro atoms. The van der Waals surface area contributed by atoms with Crippen LogP contribution in [0.15, 0.2) is 48.7 Å². The Morgan fingerprint density at radius 2 is 2.00 bits per heavy atom. The van der Waals surface area contributed by atoms with Crippen molar-refractivity contribution in [2.75, 3.05) is 6.54 Å². The molecule has 8 heteroatoms. The molecule has 28 heavy (non-hydrogen) atoms. The first kappa shape index (κ1) is 18.9. The van der Waals surface area contributed by atoms with Gasteiger partial charge in [0.05, 0.1) is 6.04 Å². The molecular formula is C20H23ClN6O. The molecule has 0 saturated carbocycles. The van der Waals surface area contributed by atoms with Crippen molar-refractivity contribution >= 4 is 23.2 Å². The summed E-state index contributed by atoms with van der Waals surface area (Å²) in [6.45, 7) is 2.62. The highest BCUT2D eigenvalue weighted by molar-refractivity contribution is 6.30. The van der Waals surface area contributed by atoms with E-state index in [9.17, 15) is 4.79 Å². The van der Waals surface area contributed by atoms with Crippen molar-refractivity contribution in [2.24, 2.45) is 5.92 Å². The van der Waals surface area contributed by atoms with E-state index in [-0.39, 0.29) is 23.9 Å². The van der Waals surface area contributed by atoms with Gasteiger partial charge in [-0.15, -0.1) is 10.2 Å². The number of nitrogens with zero attached hydrogens (tertiary/aromatic N) is 3. The first-order valence-electron chi connectivity index (χ1n) is 9.43. The van der Waals surface area contributed by atoms with Crippen LogP contribution in [0.2, 0.25) is 5.02 Å². The van der Waals surface area contributed by atoms with Crippen molar-refractivity contribution in [3.05, 3.63) is 65.1 Å². The lowest BCUT2D eigenvalue weighted by molar-refractivity contribution is -0.122. The highest BCUT2D eigenvalue weighted by Gasteiger charge is 2.35. The van der Waals surface area contributed by atoms with Gasteiger partial charge >= 0.3 is 0 Å². The molecule has 146 valence electrons. The smallest absolute Gasteiger partial charge is 0.220 e. The Kier molecular flexibility index (Phi) is 5.57. The quantitative estimate of drug-likeness (QED) is 0.593. The predicted octanol–water partition coefficient (Wildman–Crippen LogP) is 2.29. The zero-order valence-corrected chi connectivity index (χ0v) is 16.4. The van der Waals surface area contributed by atoms with Gasteiger partial charge in [-0.1, -0.05) is 29.8 Å². The Morgan fingerprint density at radius 3 is 2.82 bits per heavy atom. The van der Waals surface area contributed by atoms with Crippen LogP contribution in [0.1, 0.15) is 30.8 Å². The minimum Gasteiger partial charge on any atom is -0.356 e. The second kappa shape index (κ2) is 8.26. The number of rotatable bonds is 6. The molecule has 3 aromatic rings. The molecule has 1 fully saturated rings. The Hall–Kier alpha value is -2.48. The number of hydrogen-bond acceptors (Lipinski definition) is 5. The van der Waals surface area contributed by atoms with Crippen molar-refractivity contribution in [1.29, 1.82) is 0 Å². The maximum absolute atomic E-state index is 12.5. The molecule has 7 nitrogen and oxygen atoms in total. The third-order valence-corrected chi connectivity index (χ3v) is 5.49. The number of pyridine rings is 1. The Labute approximate surface area is 168 Å². The van der Waals surface area contributed by atoms with Gasteiger partial charge in [-0.2, -0.15) is 0 Å². The minimum absolute atomic E-state index is 0.0372. The molecule has 2 aromatic heterocycles. The number of aromatic nitrogens is 3. The molecule has 3 N–H and O–H groups in total. The van der Waals surface area contributed by atoms with Crippen molar-refractivity contribution in [3.8, 4) is 0 Å². The van der Waals surface area contributed by atoms with Crippen LogP contribution in [0.3, 0.4) is 0 Å². The minimum atomic E-state index is 0.0372. The maximum atomic E-state index is 12.5. The molecule has 0 radical (unpaired) electrons. The summed E-state index contributed by atoms with van der Waals surface area (Å²) in [7, 11) is 0. The summed E-state index contributed by atoms with van der Waals surface area (Å²) in [4.78, 5) is 12.5. The third kappa shape index (κ3) is 4.01. The van der Waals surface area contributed by atoms with Crippen LogP contribution in [0.5, 0.6) is 0 Å². The van der Waals surface area contributed by atoms with E-state index in [0.29, 0.717) is 24.4 Å². The van der Waals surface area contributed by atoms with Crippen LogP contribution in [-0.4, -0.2) is 33.1 Å². The van der Waals surface area contributed by atoms with Crippen LogP contribution in [0, 0.1) is 5.92 Å². The van der Waals surface area contributed by atoms with Gasteiger partial charge in [-0.25, -0.2) is 5.43 Å². The number of amides is 1. The molecular weight excluding hydrogens is 376 g/mol. The number of nitrogens with one attached hydrogen (secondary N) is 3. The van der Waals surface area contributed by atoms with Gasteiger partial charge in [0, 0.05) is 42.6 Å². The summed E-state index contributed by atoms with van der Waals surface area (Å²) in [6.07, 6.45) is 3.00. The largest absolute Gasteiger partial charge is 0.356 e. The molecule has 1 amide bonds. The highest BCUT2D eigenvalue weighted by Crippen LogP contribution is 2.31. The van der Waals surface area contributed by atoms with Gasteiger partial charge in [0.25, 0.3) is 0 Å². The lowest BCUT2D eigenvalue weighted by atomic mass is 9.87. The van der Waals surface area contributed by atoms with Gasteiger partial charge in [0.2, 0.25) is 5.91 Å². The van der Waals surface area contributed by atoms with Crippen molar-refractivity contribution in [3.63, 3.8) is 0 Å². The van der Waals surface area contributed by atoms with Gasteiger partial charge in [0.1, 0.15) is 5.82 Å². The fourth-order valence-electron chi connectivity index (χ4n) is 3.68. The topological polar surface area (TPSA) is 83.3 Å². The maximum Gasteiger partial charge on any atom is 0.220 e. The van der Waals surface area contributed by atoms with E-state index in [2.05, 4.69) is 33.3 Å². The van der Waals surface area contributed by atoms with E-state index in [0.717, 1.165) is 17.0 Å². The lowest BCUT2D eigenvalue weighted by Gasteiger charge is -2.21. The zero-order chi connectivity index (χ0) is 19.5. The third-order valence-electron chi connectivity index (χ3n) is 5.24. The van der Waals surface area contributed by atoms with E-state index < -0.39 is 0 Å². The number of fused-ring (bicyclic) bond motifs is 1. The van der Waals surface area contributed by atoms with Crippen LogP contribution in [0.25, 0.3) is 5.65 Å². The summed E-state index contributed by atoms with van der Waals surface area (Å²) in [5.74, 6) is 1.03. The molecule has 1 aliphatic heterocycles. The van der Waals surface area contributed by atoms with E-state index in [1.807, 2.05) is 53.1 Å². The number of halogens is 1. The second-order valence-electron chi connectivity index (χ2n) is 7.12. The van der Waals surface area contributed by atoms with Crippen LogP contribution >= 0.6 is 11.6 Å². The fourth-order valence-corrected chi connectivity index (χ4v) is 3.81. The zero-order valence-electron chi connectivity index (χ0n) is 15.6.